The number of nitrogens with zero attached hydrogens (tertiary/aromatic N) is 4. The largest absolute Gasteiger partial charge is 0.357 e. The van der Waals surface area contributed by atoms with Gasteiger partial charge in [-0.05, 0) is 38.1 Å². The zero-order chi connectivity index (χ0) is 13.9. The topological polar surface area (TPSA) is 32.3 Å². The summed E-state index contributed by atoms with van der Waals surface area (Å²) in [6.45, 7) is 5.66. The first kappa shape index (κ1) is 13.3. The molecule has 0 N–H and O–H groups in total. The molecule has 1 aromatic carbocycles. The fourth-order valence-electron chi connectivity index (χ4n) is 3.22. The highest BCUT2D eigenvalue weighted by Crippen LogP contribution is 2.24. The molecule has 0 amide bonds. The summed E-state index contributed by atoms with van der Waals surface area (Å²) in [6, 6.07) is 8.88. The number of aromatic nitrogens is 2. The van der Waals surface area contributed by atoms with E-state index in [2.05, 4.69) is 45.9 Å². The lowest BCUT2D eigenvalue weighted by atomic mass is 10.2. The summed E-state index contributed by atoms with van der Waals surface area (Å²) in [5.74, 6) is 1.04. The van der Waals surface area contributed by atoms with Gasteiger partial charge in [0.1, 0.15) is 12.1 Å². The highest BCUT2D eigenvalue weighted by Gasteiger charge is 2.24. The van der Waals surface area contributed by atoms with E-state index in [0.29, 0.717) is 6.04 Å². The maximum atomic E-state index is 4.50. The lowest BCUT2D eigenvalue weighted by Gasteiger charge is -2.28. The van der Waals surface area contributed by atoms with Crippen LogP contribution in [0.3, 0.4) is 0 Å². The van der Waals surface area contributed by atoms with Crippen LogP contribution < -0.4 is 4.90 Å². The second kappa shape index (κ2) is 5.75. The van der Waals surface area contributed by atoms with E-state index < -0.39 is 0 Å². The summed E-state index contributed by atoms with van der Waals surface area (Å²) >= 11 is 0. The second-order valence-electron chi connectivity index (χ2n) is 5.52. The summed E-state index contributed by atoms with van der Waals surface area (Å²) in [7, 11) is 2.14. The summed E-state index contributed by atoms with van der Waals surface area (Å²) in [5.41, 5.74) is 1.02. The second-order valence-corrected chi connectivity index (χ2v) is 5.52. The standard InChI is InChI=1S/C16H22N4/c1-3-20-10-6-7-13(20)11-19(2)16-14-8-4-5-9-15(14)17-12-18-16/h4-5,8-9,12-13H,3,6-7,10-11H2,1-2H3. The summed E-state index contributed by atoms with van der Waals surface area (Å²) in [6.07, 6.45) is 4.28. The van der Waals surface area contributed by atoms with Crippen LogP contribution >= 0.6 is 0 Å². The SMILES string of the molecule is CCN1CCCC1CN(C)c1ncnc2ccccc12. The molecule has 4 heteroatoms. The number of anilines is 1. The Kier molecular flexibility index (Phi) is 3.83. The number of hydrogen-bond acceptors (Lipinski definition) is 4. The summed E-state index contributed by atoms with van der Waals surface area (Å²) in [5, 5.41) is 1.14. The molecule has 1 saturated heterocycles. The Morgan fingerprint density at radius 2 is 2.15 bits per heavy atom. The summed E-state index contributed by atoms with van der Waals surface area (Å²) in [4.78, 5) is 13.7. The zero-order valence-corrected chi connectivity index (χ0v) is 12.3. The van der Waals surface area contributed by atoms with Gasteiger partial charge in [-0.25, -0.2) is 9.97 Å². The summed E-state index contributed by atoms with van der Waals surface area (Å²) < 4.78 is 0. The number of hydrogen-bond donors (Lipinski definition) is 0. The van der Waals surface area contributed by atoms with Gasteiger partial charge in [0.05, 0.1) is 5.52 Å². The first-order chi connectivity index (χ1) is 9.79. The monoisotopic (exact) mass is 270 g/mol. The average molecular weight is 270 g/mol. The third kappa shape index (κ3) is 2.48. The number of likely N-dealkylation sites (tertiary alicyclic amines) is 1. The lowest BCUT2D eigenvalue weighted by molar-refractivity contribution is 0.270. The van der Waals surface area contributed by atoms with E-state index in [1.54, 1.807) is 6.33 Å². The molecule has 0 radical (unpaired) electrons. The van der Waals surface area contributed by atoms with Crippen LogP contribution in [0.1, 0.15) is 19.8 Å². The minimum absolute atomic E-state index is 0.652. The van der Waals surface area contributed by atoms with E-state index in [1.165, 1.54) is 19.4 Å². The molecule has 0 spiro atoms. The lowest BCUT2D eigenvalue weighted by Crippen LogP contribution is -2.39. The number of para-hydroxylation sites is 1. The molecular formula is C16H22N4. The van der Waals surface area contributed by atoms with Crippen molar-refractivity contribution >= 4 is 16.7 Å². The van der Waals surface area contributed by atoms with Crippen LogP contribution in [-0.4, -0.2) is 47.6 Å². The Balaban J connectivity index is 1.83. The molecule has 0 saturated carbocycles. The van der Waals surface area contributed by atoms with Crippen LogP contribution in [0.5, 0.6) is 0 Å². The molecule has 1 aromatic heterocycles. The quantitative estimate of drug-likeness (QED) is 0.854. The molecule has 1 fully saturated rings. The fraction of sp³-hybridized carbons (Fsp3) is 0.500. The van der Waals surface area contributed by atoms with E-state index in [4.69, 9.17) is 0 Å². The predicted octanol–water partition coefficient (Wildman–Crippen LogP) is 2.55. The van der Waals surface area contributed by atoms with Gasteiger partial charge >= 0.3 is 0 Å². The maximum Gasteiger partial charge on any atom is 0.139 e. The molecule has 3 rings (SSSR count). The van der Waals surface area contributed by atoms with Gasteiger partial charge < -0.3 is 4.90 Å². The van der Waals surface area contributed by atoms with Crippen molar-refractivity contribution in [1.29, 1.82) is 0 Å². The molecule has 20 heavy (non-hydrogen) atoms. The van der Waals surface area contributed by atoms with Crippen molar-refractivity contribution in [3.05, 3.63) is 30.6 Å². The highest BCUT2D eigenvalue weighted by molar-refractivity contribution is 5.89. The molecule has 1 atom stereocenters. The van der Waals surface area contributed by atoms with E-state index in [0.717, 1.165) is 29.8 Å². The van der Waals surface area contributed by atoms with Gasteiger partial charge in [0.15, 0.2) is 0 Å². The Morgan fingerprint density at radius 1 is 1.30 bits per heavy atom. The molecule has 0 bridgehead atoms. The van der Waals surface area contributed by atoms with Crippen LogP contribution in [0.4, 0.5) is 5.82 Å². The third-order valence-electron chi connectivity index (χ3n) is 4.27. The molecule has 106 valence electrons. The van der Waals surface area contributed by atoms with Gasteiger partial charge in [0.25, 0.3) is 0 Å². The molecule has 4 nitrogen and oxygen atoms in total. The van der Waals surface area contributed by atoms with Gasteiger partial charge in [0.2, 0.25) is 0 Å². The minimum Gasteiger partial charge on any atom is -0.357 e. The molecule has 1 aliphatic heterocycles. The molecule has 2 aromatic rings. The van der Waals surface area contributed by atoms with Crippen LogP contribution in [0.2, 0.25) is 0 Å². The van der Waals surface area contributed by atoms with Crippen molar-refractivity contribution in [2.75, 3.05) is 31.6 Å². The number of rotatable bonds is 4. The van der Waals surface area contributed by atoms with Gasteiger partial charge in [-0.15, -0.1) is 0 Å². The fourth-order valence-corrected chi connectivity index (χ4v) is 3.22. The van der Waals surface area contributed by atoms with Crippen LogP contribution in [0.15, 0.2) is 30.6 Å². The van der Waals surface area contributed by atoms with Crippen molar-refractivity contribution in [2.24, 2.45) is 0 Å². The van der Waals surface area contributed by atoms with E-state index >= 15 is 0 Å². The predicted molar refractivity (Wildman–Crippen MR) is 83.1 cm³/mol. The van der Waals surface area contributed by atoms with Gasteiger partial charge in [-0.3, -0.25) is 4.90 Å². The van der Waals surface area contributed by atoms with Crippen molar-refractivity contribution in [1.82, 2.24) is 14.9 Å². The first-order valence-corrected chi connectivity index (χ1v) is 7.44. The smallest absolute Gasteiger partial charge is 0.139 e. The van der Waals surface area contributed by atoms with Crippen LogP contribution in [0.25, 0.3) is 10.9 Å². The molecule has 1 unspecified atom stereocenters. The molecular weight excluding hydrogens is 248 g/mol. The van der Waals surface area contributed by atoms with E-state index in [9.17, 15) is 0 Å². The Labute approximate surface area is 120 Å². The van der Waals surface area contributed by atoms with Crippen molar-refractivity contribution < 1.29 is 0 Å². The van der Waals surface area contributed by atoms with Gasteiger partial charge in [-0.2, -0.15) is 0 Å². The number of benzene rings is 1. The van der Waals surface area contributed by atoms with Gasteiger partial charge in [0, 0.05) is 25.0 Å². The van der Waals surface area contributed by atoms with E-state index in [-0.39, 0.29) is 0 Å². The molecule has 1 aliphatic rings. The Morgan fingerprint density at radius 3 is 3.00 bits per heavy atom. The highest BCUT2D eigenvalue weighted by atomic mass is 15.2. The van der Waals surface area contributed by atoms with Gasteiger partial charge in [-0.1, -0.05) is 19.1 Å². The first-order valence-electron chi connectivity index (χ1n) is 7.44. The number of likely N-dealkylation sites (N-methyl/N-ethyl adjacent to an activating group) is 2. The van der Waals surface area contributed by atoms with Crippen molar-refractivity contribution in [3.63, 3.8) is 0 Å². The Bertz CT molecular complexity index is 578. The number of fused-ring (bicyclic) bond motifs is 1. The maximum absolute atomic E-state index is 4.50. The average Bonchev–Trinajstić information content (AvgIpc) is 2.93. The third-order valence-corrected chi connectivity index (χ3v) is 4.27. The minimum atomic E-state index is 0.652. The zero-order valence-electron chi connectivity index (χ0n) is 12.3. The molecule has 0 aliphatic carbocycles. The van der Waals surface area contributed by atoms with E-state index in [1.807, 2.05) is 12.1 Å². The molecule has 2 heterocycles. The Hall–Kier alpha value is -1.68. The van der Waals surface area contributed by atoms with Crippen LogP contribution in [0, 0.1) is 0 Å². The van der Waals surface area contributed by atoms with Crippen molar-refractivity contribution in [3.8, 4) is 0 Å². The van der Waals surface area contributed by atoms with Crippen LogP contribution in [-0.2, 0) is 0 Å². The normalized spacial score (nSPS) is 19.6. The van der Waals surface area contributed by atoms with Crippen molar-refractivity contribution in [2.45, 2.75) is 25.8 Å².